The van der Waals surface area contributed by atoms with Crippen molar-refractivity contribution in [2.45, 2.75) is 25.7 Å². The summed E-state index contributed by atoms with van der Waals surface area (Å²) in [6.07, 6.45) is 7.27. The first-order valence-electron chi connectivity index (χ1n) is 5.06. The highest BCUT2D eigenvalue weighted by Gasteiger charge is 2.00. The Morgan fingerprint density at radius 2 is 2.27 bits per heavy atom. The molecular weight excluding hydrogens is 188 g/mol. The van der Waals surface area contributed by atoms with Gasteiger partial charge in [0.2, 0.25) is 5.91 Å². The third-order valence-electron chi connectivity index (χ3n) is 2.27. The zero-order valence-corrected chi connectivity index (χ0v) is 8.78. The van der Waals surface area contributed by atoms with Crippen molar-refractivity contribution in [3.8, 4) is 0 Å². The molecule has 0 saturated carbocycles. The number of carbonyl (C=O) groups excluding carboxylic acids is 1. The van der Waals surface area contributed by atoms with E-state index in [1.54, 1.807) is 6.20 Å². The van der Waals surface area contributed by atoms with E-state index < -0.39 is 5.91 Å². The van der Waals surface area contributed by atoms with Crippen molar-refractivity contribution >= 4 is 5.91 Å². The molecule has 1 heterocycles. The van der Waals surface area contributed by atoms with Gasteiger partial charge in [-0.2, -0.15) is 0 Å². The van der Waals surface area contributed by atoms with Gasteiger partial charge in [0, 0.05) is 18.0 Å². The minimum Gasteiger partial charge on any atom is -0.366 e. The van der Waals surface area contributed by atoms with Crippen LogP contribution in [0, 0.1) is 0 Å². The summed E-state index contributed by atoms with van der Waals surface area (Å²) in [5.74, 6) is -0.392. The third-order valence-corrected chi connectivity index (χ3v) is 2.27. The number of aryl methyl sites for hydroxylation is 1. The average Bonchev–Trinajstić information content (AvgIpc) is 2.25. The van der Waals surface area contributed by atoms with Crippen molar-refractivity contribution in [1.82, 2.24) is 4.98 Å². The molecule has 3 nitrogen and oxygen atoms in total. The van der Waals surface area contributed by atoms with Gasteiger partial charge in [-0.1, -0.05) is 12.6 Å². The normalized spacial score (nSPS) is 9.87. The van der Waals surface area contributed by atoms with Gasteiger partial charge < -0.3 is 5.73 Å². The molecule has 1 amide bonds. The minimum atomic E-state index is -0.392. The van der Waals surface area contributed by atoms with Crippen molar-refractivity contribution in [3.05, 3.63) is 42.2 Å². The Kier molecular flexibility index (Phi) is 4.54. The van der Waals surface area contributed by atoms with Crippen LogP contribution in [0.4, 0.5) is 0 Å². The molecule has 0 fully saturated rings. The highest BCUT2D eigenvalue weighted by atomic mass is 16.1. The monoisotopic (exact) mass is 204 g/mol. The Balaban J connectivity index is 2.18. The number of rotatable bonds is 6. The third kappa shape index (κ3) is 4.40. The molecule has 3 heteroatoms. The molecule has 0 radical (unpaired) electrons. The number of aromatic nitrogens is 1. The number of nitrogens with two attached hydrogens (primary N) is 1. The standard InChI is InChI=1S/C12H16N2O/c1-10(12(13)15)5-2-3-6-11-7-4-8-14-9-11/h4,7-9H,1-3,5-6H2,(H2,13,15). The van der Waals surface area contributed by atoms with Gasteiger partial charge >= 0.3 is 0 Å². The smallest absolute Gasteiger partial charge is 0.244 e. The fraction of sp³-hybridized carbons (Fsp3) is 0.333. The molecule has 0 unspecified atom stereocenters. The van der Waals surface area contributed by atoms with Crippen molar-refractivity contribution in [2.24, 2.45) is 5.73 Å². The van der Waals surface area contributed by atoms with Gasteiger partial charge in [-0.25, -0.2) is 0 Å². The highest BCUT2D eigenvalue weighted by molar-refractivity contribution is 5.91. The largest absolute Gasteiger partial charge is 0.366 e. The summed E-state index contributed by atoms with van der Waals surface area (Å²) in [6, 6.07) is 3.98. The van der Waals surface area contributed by atoms with E-state index in [2.05, 4.69) is 17.6 Å². The number of carbonyl (C=O) groups is 1. The lowest BCUT2D eigenvalue weighted by Crippen LogP contribution is -2.12. The fourth-order valence-corrected chi connectivity index (χ4v) is 1.34. The summed E-state index contributed by atoms with van der Waals surface area (Å²) in [4.78, 5) is 14.7. The van der Waals surface area contributed by atoms with Crippen LogP contribution in [0.3, 0.4) is 0 Å². The van der Waals surface area contributed by atoms with Crippen LogP contribution >= 0.6 is 0 Å². The number of unbranched alkanes of at least 4 members (excludes halogenated alkanes) is 1. The van der Waals surface area contributed by atoms with E-state index in [4.69, 9.17) is 5.73 Å². The van der Waals surface area contributed by atoms with Crippen molar-refractivity contribution in [1.29, 1.82) is 0 Å². The molecule has 2 N–H and O–H groups in total. The number of primary amides is 1. The van der Waals surface area contributed by atoms with Crippen LogP contribution in [0.1, 0.15) is 24.8 Å². The topological polar surface area (TPSA) is 56.0 Å². The molecule has 0 atom stereocenters. The van der Waals surface area contributed by atoms with Gasteiger partial charge in [0.15, 0.2) is 0 Å². The summed E-state index contributed by atoms with van der Waals surface area (Å²) in [5.41, 5.74) is 6.82. The molecule has 1 aromatic rings. The van der Waals surface area contributed by atoms with Crippen LogP contribution < -0.4 is 5.73 Å². The first-order valence-corrected chi connectivity index (χ1v) is 5.06. The molecule has 0 spiro atoms. The van der Waals surface area contributed by atoms with Crippen LogP contribution in [0.5, 0.6) is 0 Å². The Morgan fingerprint density at radius 3 is 2.87 bits per heavy atom. The summed E-state index contributed by atoms with van der Waals surface area (Å²) in [6.45, 7) is 3.61. The van der Waals surface area contributed by atoms with Gasteiger partial charge in [0.05, 0.1) is 0 Å². The first kappa shape index (κ1) is 11.4. The summed E-state index contributed by atoms with van der Waals surface area (Å²) < 4.78 is 0. The van der Waals surface area contributed by atoms with E-state index in [1.165, 1.54) is 5.56 Å². The van der Waals surface area contributed by atoms with E-state index in [1.807, 2.05) is 12.3 Å². The molecule has 0 aliphatic carbocycles. The van der Waals surface area contributed by atoms with Crippen LogP contribution in [0.25, 0.3) is 0 Å². The summed E-state index contributed by atoms with van der Waals surface area (Å²) >= 11 is 0. The molecular formula is C12H16N2O. The number of hydrogen-bond donors (Lipinski definition) is 1. The van der Waals surface area contributed by atoms with Crippen molar-refractivity contribution in [3.63, 3.8) is 0 Å². The Morgan fingerprint density at radius 1 is 1.47 bits per heavy atom. The SMILES string of the molecule is C=C(CCCCc1cccnc1)C(N)=O. The second-order valence-corrected chi connectivity index (χ2v) is 3.54. The van der Waals surface area contributed by atoms with E-state index in [-0.39, 0.29) is 0 Å². The molecule has 1 aromatic heterocycles. The van der Waals surface area contributed by atoms with Gasteiger partial charge in [-0.05, 0) is 37.3 Å². The lowest BCUT2D eigenvalue weighted by molar-refractivity contribution is -0.114. The molecule has 0 saturated heterocycles. The number of hydrogen-bond acceptors (Lipinski definition) is 2. The Bertz CT molecular complexity index is 333. The van der Waals surface area contributed by atoms with E-state index in [0.29, 0.717) is 12.0 Å². The maximum Gasteiger partial charge on any atom is 0.244 e. The van der Waals surface area contributed by atoms with Crippen molar-refractivity contribution < 1.29 is 4.79 Å². The van der Waals surface area contributed by atoms with Crippen LogP contribution in [0.15, 0.2) is 36.7 Å². The fourth-order valence-electron chi connectivity index (χ4n) is 1.34. The quantitative estimate of drug-likeness (QED) is 0.567. The van der Waals surface area contributed by atoms with Crippen LogP contribution in [-0.2, 0) is 11.2 Å². The number of pyridine rings is 1. The first-order chi connectivity index (χ1) is 7.20. The van der Waals surface area contributed by atoms with E-state index in [0.717, 1.165) is 19.3 Å². The van der Waals surface area contributed by atoms with Crippen LogP contribution in [-0.4, -0.2) is 10.9 Å². The highest BCUT2D eigenvalue weighted by Crippen LogP contribution is 2.08. The van der Waals surface area contributed by atoms with E-state index >= 15 is 0 Å². The average molecular weight is 204 g/mol. The number of amides is 1. The summed E-state index contributed by atoms with van der Waals surface area (Å²) in [7, 11) is 0. The van der Waals surface area contributed by atoms with Gasteiger partial charge in [-0.15, -0.1) is 0 Å². The molecule has 0 aliphatic rings. The maximum atomic E-state index is 10.7. The Labute approximate surface area is 90.0 Å². The number of nitrogens with zero attached hydrogens (tertiary/aromatic N) is 1. The molecule has 1 rings (SSSR count). The maximum absolute atomic E-state index is 10.7. The Hall–Kier alpha value is -1.64. The molecule has 80 valence electrons. The second kappa shape index (κ2) is 5.96. The molecule has 0 aromatic carbocycles. The molecule has 0 aliphatic heterocycles. The molecule has 0 bridgehead atoms. The second-order valence-electron chi connectivity index (χ2n) is 3.54. The lowest BCUT2D eigenvalue weighted by Gasteiger charge is -2.01. The summed E-state index contributed by atoms with van der Waals surface area (Å²) in [5, 5.41) is 0. The van der Waals surface area contributed by atoms with Gasteiger partial charge in [-0.3, -0.25) is 9.78 Å². The lowest BCUT2D eigenvalue weighted by atomic mass is 10.1. The van der Waals surface area contributed by atoms with Crippen LogP contribution in [0.2, 0.25) is 0 Å². The predicted octanol–water partition coefficient (Wildman–Crippen LogP) is 1.84. The van der Waals surface area contributed by atoms with Gasteiger partial charge in [0.25, 0.3) is 0 Å². The van der Waals surface area contributed by atoms with Crippen molar-refractivity contribution in [2.75, 3.05) is 0 Å². The zero-order chi connectivity index (χ0) is 11.1. The zero-order valence-electron chi connectivity index (χ0n) is 8.78. The predicted molar refractivity (Wildman–Crippen MR) is 60.1 cm³/mol. The van der Waals surface area contributed by atoms with Gasteiger partial charge in [0.1, 0.15) is 0 Å². The van der Waals surface area contributed by atoms with E-state index in [9.17, 15) is 4.79 Å². The minimum absolute atomic E-state index is 0.392. The molecule has 15 heavy (non-hydrogen) atoms.